The van der Waals surface area contributed by atoms with Crippen molar-refractivity contribution in [3.8, 4) is 11.4 Å². The standard InChI is InChI=1S/C12H15N5/c13-9-3-1-2-8(6-9)12-16-15-11-7-10(14)4-5-17(11)12/h1-3,6,10H,4-5,7,13-14H2. The molecule has 0 fully saturated rings. The van der Waals surface area contributed by atoms with Crippen molar-refractivity contribution in [2.24, 2.45) is 5.73 Å². The van der Waals surface area contributed by atoms with E-state index in [0.717, 1.165) is 42.3 Å². The SMILES string of the molecule is Nc1cccc(-c2nnc3n2CCC(N)C3)c1. The predicted molar refractivity (Wildman–Crippen MR) is 66.2 cm³/mol. The molecule has 5 heteroatoms. The molecule has 1 aliphatic heterocycles. The molecule has 0 radical (unpaired) electrons. The Morgan fingerprint density at radius 1 is 1.29 bits per heavy atom. The van der Waals surface area contributed by atoms with E-state index in [2.05, 4.69) is 14.8 Å². The Bertz CT molecular complexity index is 546. The van der Waals surface area contributed by atoms with Crippen LogP contribution >= 0.6 is 0 Å². The van der Waals surface area contributed by atoms with Crippen LogP contribution in [0.4, 0.5) is 5.69 Å². The number of nitrogens with two attached hydrogens (primary N) is 2. The molecule has 88 valence electrons. The summed E-state index contributed by atoms with van der Waals surface area (Å²) in [5.74, 6) is 1.86. The molecule has 1 aromatic carbocycles. The van der Waals surface area contributed by atoms with Gasteiger partial charge in [0.1, 0.15) is 5.82 Å². The van der Waals surface area contributed by atoms with E-state index in [0.29, 0.717) is 0 Å². The van der Waals surface area contributed by atoms with Crippen LogP contribution in [0, 0.1) is 0 Å². The fourth-order valence-corrected chi connectivity index (χ4v) is 2.24. The van der Waals surface area contributed by atoms with Gasteiger partial charge in [0.25, 0.3) is 0 Å². The van der Waals surface area contributed by atoms with Crippen LogP contribution < -0.4 is 11.5 Å². The summed E-state index contributed by atoms with van der Waals surface area (Å²) in [5.41, 5.74) is 13.5. The molecule has 0 saturated carbocycles. The first-order chi connectivity index (χ1) is 8.24. The molecule has 3 rings (SSSR count). The van der Waals surface area contributed by atoms with E-state index in [9.17, 15) is 0 Å². The Labute approximate surface area is 99.4 Å². The highest BCUT2D eigenvalue weighted by atomic mass is 15.3. The fourth-order valence-electron chi connectivity index (χ4n) is 2.24. The maximum atomic E-state index is 5.92. The average Bonchev–Trinajstić information content (AvgIpc) is 2.71. The Hall–Kier alpha value is -1.88. The van der Waals surface area contributed by atoms with Gasteiger partial charge in [-0.2, -0.15) is 0 Å². The largest absolute Gasteiger partial charge is 0.399 e. The molecule has 1 unspecified atom stereocenters. The number of nitrogens with zero attached hydrogens (tertiary/aromatic N) is 3. The molecule has 0 bridgehead atoms. The third-order valence-electron chi connectivity index (χ3n) is 3.14. The number of nitrogen functional groups attached to an aromatic ring is 1. The molecule has 2 aromatic rings. The van der Waals surface area contributed by atoms with Gasteiger partial charge in [-0.3, -0.25) is 0 Å². The summed E-state index contributed by atoms with van der Waals surface area (Å²) in [7, 11) is 0. The quantitative estimate of drug-likeness (QED) is 0.708. The van der Waals surface area contributed by atoms with Crippen molar-refractivity contribution in [1.82, 2.24) is 14.8 Å². The van der Waals surface area contributed by atoms with Gasteiger partial charge in [-0.15, -0.1) is 10.2 Å². The van der Waals surface area contributed by atoms with Gasteiger partial charge in [0.05, 0.1) is 0 Å². The zero-order valence-corrected chi connectivity index (χ0v) is 9.50. The number of aromatic nitrogens is 3. The molecule has 1 aliphatic rings. The van der Waals surface area contributed by atoms with E-state index in [-0.39, 0.29) is 6.04 Å². The summed E-state index contributed by atoms with van der Waals surface area (Å²) < 4.78 is 2.14. The second kappa shape index (κ2) is 3.85. The van der Waals surface area contributed by atoms with Gasteiger partial charge in [-0.25, -0.2) is 0 Å². The fraction of sp³-hybridized carbons (Fsp3) is 0.333. The summed E-state index contributed by atoms with van der Waals surface area (Å²) >= 11 is 0. The number of hydrogen-bond acceptors (Lipinski definition) is 4. The smallest absolute Gasteiger partial charge is 0.164 e. The molecule has 2 heterocycles. The normalized spacial score (nSPS) is 19.0. The molecule has 0 aliphatic carbocycles. The number of hydrogen-bond donors (Lipinski definition) is 2. The first-order valence-electron chi connectivity index (χ1n) is 5.77. The number of rotatable bonds is 1. The van der Waals surface area contributed by atoms with Gasteiger partial charge in [0.2, 0.25) is 0 Å². The zero-order chi connectivity index (χ0) is 11.8. The molecule has 0 spiro atoms. The van der Waals surface area contributed by atoms with Crippen molar-refractivity contribution in [3.05, 3.63) is 30.1 Å². The number of anilines is 1. The Kier molecular flexibility index (Phi) is 2.33. The van der Waals surface area contributed by atoms with Crippen LogP contribution in [-0.4, -0.2) is 20.8 Å². The van der Waals surface area contributed by atoms with Crippen LogP contribution in [0.2, 0.25) is 0 Å². The minimum Gasteiger partial charge on any atom is -0.399 e. The van der Waals surface area contributed by atoms with Gasteiger partial charge in [-0.1, -0.05) is 12.1 Å². The van der Waals surface area contributed by atoms with Gasteiger partial charge in [-0.05, 0) is 18.6 Å². The maximum Gasteiger partial charge on any atom is 0.164 e. The minimum absolute atomic E-state index is 0.209. The Balaban J connectivity index is 2.05. The molecular formula is C12H15N5. The number of benzene rings is 1. The van der Waals surface area contributed by atoms with Crippen LogP contribution in [0.15, 0.2) is 24.3 Å². The van der Waals surface area contributed by atoms with Crippen molar-refractivity contribution in [2.75, 3.05) is 5.73 Å². The predicted octanol–water partition coefficient (Wildman–Crippen LogP) is 0.801. The van der Waals surface area contributed by atoms with E-state index in [1.54, 1.807) is 0 Å². The third-order valence-corrected chi connectivity index (χ3v) is 3.14. The lowest BCUT2D eigenvalue weighted by Crippen LogP contribution is -2.31. The first kappa shape index (κ1) is 10.3. The maximum absolute atomic E-state index is 5.92. The van der Waals surface area contributed by atoms with Gasteiger partial charge in [0.15, 0.2) is 5.82 Å². The molecule has 0 amide bonds. The molecule has 4 N–H and O–H groups in total. The topological polar surface area (TPSA) is 82.8 Å². The Morgan fingerprint density at radius 2 is 2.18 bits per heavy atom. The molecule has 0 saturated heterocycles. The lowest BCUT2D eigenvalue weighted by molar-refractivity contribution is 0.466. The summed E-state index contributed by atoms with van der Waals surface area (Å²) in [5, 5.41) is 8.45. The Morgan fingerprint density at radius 3 is 3.00 bits per heavy atom. The number of fused-ring (bicyclic) bond motifs is 1. The van der Waals surface area contributed by atoms with Crippen molar-refractivity contribution in [2.45, 2.75) is 25.4 Å². The van der Waals surface area contributed by atoms with E-state index < -0.39 is 0 Å². The third kappa shape index (κ3) is 1.78. The lowest BCUT2D eigenvalue weighted by atomic mass is 10.1. The van der Waals surface area contributed by atoms with Crippen LogP contribution in [0.3, 0.4) is 0 Å². The van der Waals surface area contributed by atoms with Crippen LogP contribution in [0.25, 0.3) is 11.4 Å². The van der Waals surface area contributed by atoms with E-state index in [1.807, 2.05) is 24.3 Å². The molecule has 1 aromatic heterocycles. The molecule has 17 heavy (non-hydrogen) atoms. The van der Waals surface area contributed by atoms with E-state index in [4.69, 9.17) is 11.5 Å². The lowest BCUT2D eigenvalue weighted by Gasteiger charge is -2.20. The van der Waals surface area contributed by atoms with Crippen LogP contribution in [-0.2, 0) is 13.0 Å². The summed E-state index contributed by atoms with van der Waals surface area (Å²) in [6.45, 7) is 0.883. The van der Waals surface area contributed by atoms with Crippen molar-refractivity contribution in [3.63, 3.8) is 0 Å². The van der Waals surface area contributed by atoms with Crippen molar-refractivity contribution >= 4 is 5.69 Å². The summed E-state index contributed by atoms with van der Waals surface area (Å²) in [4.78, 5) is 0. The minimum atomic E-state index is 0.209. The van der Waals surface area contributed by atoms with Gasteiger partial charge < -0.3 is 16.0 Å². The van der Waals surface area contributed by atoms with E-state index in [1.165, 1.54) is 0 Å². The van der Waals surface area contributed by atoms with Crippen LogP contribution in [0.1, 0.15) is 12.2 Å². The van der Waals surface area contributed by atoms with E-state index >= 15 is 0 Å². The van der Waals surface area contributed by atoms with Crippen molar-refractivity contribution < 1.29 is 0 Å². The van der Waals surface area contributed by atoms with Gasteiger partial charge in [0, 0.05) is 30.3 Å². The average molecular weight is 229 g/mol. The monoisotopic (exact) mass is 229 g/mol. The highest BCUT2D eigenvalue weighted by Crippen LogP contribution is 2.23. The van der Waals surface area contributed by atoms with Crippen LogP contribution in [0.5, 0.6) is 0 Å². The summed E-state index contributed by atoms with van der Waals surface area (Å²) in [6.07, 6.45) is 1.77. The van der Waals surface area contributed by atoms with Crippen molar-refractivity contribution in [1.29, 1.82) is 0 Å². The summed E-state index contributed by atoms with van der Waals surface area (Å²) in [6, 6.07) is 7.93. The highest BCUT2D eigenvalue weighted by molar-refractivity contribution is 5.61. The zero-order valence-electron chi connectivity index (χ0n) is 9.50. The molecular weight excluding hydrogens is 214 g/mol. The highest BCUT2D eigenvalue weighted by Gasteiger charge is 2.21. The second-order valence-corrected chi connectivity index (χ2v) is 4.47. The molecule has 5 nitrogen and oxygen atoms in total. The second-order valence-electron chi connectivity index (χ2n) is 4.47. The first-order valence-corrected chi connectivity index (χ1v) is 5.77. The van der Waals surface area contributed by atoms with Gasteiger partial charge >= 0.3 is 0 Å². The molecule has 1 atom stereocenters.